The van der Waals surface area contributed by atoms with Gasteiger partial charge in [-0.25, -0.2) is 0 Å². The molecule has 2 N–H and O–H groups in total. The van der Waals surface area contributed by atoms with Gasteiger partial charge in [-0.15, -0.1) is 0 Å². The van der Waals surface area contributed by atoms with E-state index in [1.54, 1.807) is 0 Å². The Morgan fingerprint density at radius 3 is 2.80 bits per heavy atom. The number of benzene rings is 1. The molecule has 0 radical (unpaired) electrons. The number of carbonyl (C=O) groups is 1. The van der Waals surface area contributed by atoms with Crippen molar-refractivity contribution in [2.24, 2.45) is 0 Å². The van der Waals surface area contributed by atoms with Crippen LogP contribution in [0.3, 0.4) is 0 Å². The Kier molecular flexibility index (Phi) is 5.81. The molecule has 3 heteroatoms. The lowest BCUT2D eigenvalue weighted by Crippen LogP contribution is -2.30. The van der Waals surface area contributed by atoms with Crippen LogP contribution in [0.1, 0.15) is 37.7 Å². The molecule has 2 rings (SSSR count). The van der Waals surface area contributed by atoms with Gasteiger partial charge in [0.05, 0.1) is 0 Å². The minimum atomic E-state index is 0.153. The Labute approximate surface area is 121 Å². The predicted octanol–water partition coefficient (Wildman–Crippen LogP) is 2.61. The fourth-order valence-electron chi connectivity index (χ4n) is 2.56. The zero-order chi connectivity index (χ0) is 14.2. The van der Waals surface area contributed by atoms with Crippen molar-refractivity contribution >= 4 is 5.91 Å². The van der Waals surface area contributed by atoms with Crippen molar-refractivity contribution in [3.05, 3.63) is 47.5 Å². The van der Waals surface area contributed by atoms with Crippen LogP contribution in [0, 0.1) is 0 Å². The smallest absolute Gasteiger partial charge is 0.220 e. The maximum Gasteiger partial charge on any atom is 0.220 e. The van der Waals surface area contributed by atoms with Crippen molar-refractivity contribution < 1.29 is 4.79 Å². The second-order valence-corrected chi connectivity index (χ2v) is 5.31. The van der Waals surface area contributed by atoms with Crippen molar-refractivity contribution in [1.29, 1.82) is 0 Å². The first-order valence-electron chi connectivity index (χ1n) is 7.50. The average Bonchev–Trinajstić information content (AvgIpc) is 2.52. The summed E-state index contributed by atoms with van der Waals surface area (Å²) >= 11 is 0. The number of hydrogen-bond acceptors (Lipinski definition) is 2. The molecule has 0 fully saturated rings. The first-order valence-corrected chi connectivity index (χ1v) is 7.50. The van der Waals surface area contributed by atoms with Gasteiger partial charge >= 0.3 is 0 Å². The van der Waals surface area contributed by atoms with Crippen LogP contribution in [-0.2, 0) is 4.79 Å². The highest BCUT2D eigenvalue weighted by atomic mass is 16.1. The van der Waals surface area contributed by atoms with E-state index >= 15 is 0 Å². The van der Waals surface area contributed by atoms with E-state index in [1.807, 2.05) is 18.2 Å². The van der Waals surface area contributed by atoms with Crippen molar-refractivity contribution in [3.63, 3.8) is 0 Å². The number of nitrogens with one attached hydrogen (secondary N) is 2. The number of carbonyl (C=O) groups excluding carboxylic acids is 1. The Bertz CT molecular complexity index is 453. The fraction of sp³-hybridized carbons (Fsp3) is 0.471. The first-order chi connectivity index (χ1) is 9.79. The van der Waals surface area contributed by atoms with Crippen LogP contribution in [0.5, 0.6) is 0 Å². The summed E-state index contributed by atoms with van der Waals surface area (Å²) in [6.07, 6.45) is 4.78. The third kappa shape index (κ3) is 4.49. The summed E-state index contributed by atoms with van der Waals surface area (Å²) in [4.78, 5) is 12.1. The minimum Gasteiger partial charge on any atom is -0.352 e. The number of amides is 1. The molecule has 1 heterocycles. The molecular weight excluding hydrogens is 248 g/mol. The highest BCUT2D eigenvalue weighted by Gasteiger charge is 2.14. The third-order valence-corrected chi connectivity index (χ3v) is 3.87. The van der Waals surface area contributed by atoms with Crippen molar-refractivity contribution in [2.45, 2.75) is 32.1 Å². The van der Waals surface area contributed by atoms with Crippen LogP contribution in [-0.4, -0.2) is 25.5 Å². The highest BCUT2D eigenvalue weighted by Crippen LogP contribution is 2.22. The summed E-state index contributed by atoms with van der Waals surface area (Å²) in [6.45, 7) is 4.78. The monoisotopic (exact) mass is 272 g/mol. The molecule has 0 saturated heterocycles. The van der Waals surface area contributed by atoms with Crippen LogP contribution >= 0.6 is 0 Å². The Morgan fingerprint density at radius 1 is 1.35 bits per heavy atom. The normalized spacial score (nSPS) is 16.4. The Hall–Kier alpha value is -1.61. The lowest BCUT2D eigenvalue weighted by molar-refractivity contribution is -0.121. The zero-order valence-corrected chi connectivity index (χ0v) is 12.2. The largest absolute Gasteiger partial charge is 0.352 e. The molecule has 0 spiro atoms. The van der Waals surface area contributed by atoms with E-state index in [9.17, 15) is 4.79 Å². The molecule has 1 aliphatic rings. The summed E-state index contributed by atoms with van der Waals surface area (Å²) in [5, 5.41) is 6.33. The summed E-state index contributed by atoms with van der Waals surface area (Å²) in [5.74, 6) is 0.471. The summed E-state index contributed by atoms with van der Waals surface area (Å²) in [5.41, 5.74) is 2.59. The maximum atomic E-state index is 12.1. The van der Waals surface area contributed by atoms with Crippen molar-refractivity contribution in [3.8, 4) is 0 Å². The molecule has 1 aromatic rings. The van der Waals surface area contributed by atoms with Crippen molar-refractivity contribution in [2.75, 3.05) is 19.6 Å². The summed E-state index contributed by atoms with van der Waals surface area (Å²) in [7, 11) is 0. The van der Waals surface area contributed by atoms with Crippen LogP contribution < -0.4 is 10.6 Å². The highest BCUT2D eigenvalue weighted by molar-refractivity contribution is 5.77. The molecule has 1 atom stereocenters. The van der Waals surface area contributed by atoms with Crippen molar-refractivity contribution in [1.82, 2.24) is 10.6 Å². The van der Waals surface area contributed by atoms with E-state index in [2.05, 4.69) is 35.8 Å². The second kappa shape index (κ2) is 7.85. The van der Waals surface area contributed by atoms with E-state index < -0.39 is 0 Å². The van der Waals surface area contributed by atoms with Gasteiger partial charge in [0.25, 0.3) is 0 Å². The van der Waals surface area contributed by atoms with Gasteiger partial charge in [-0.2, -0.15) is 0 Å². The summed E-state index contributed by atoms with van der Waals surface area (Å²) < 4.78 is 0. The van der Waals surface area contributed by atoms with E-state index in [4.69, 9.17) is 0 Å². The average molecular weight is 272 g/mol. The summed E-state index contributed by atoms with van der Waals surface area (Å²) in [6, 6.07) is 10.3. The number of hydrogen-bond donors (Lipinski definition) is 2. The quantitative estimate of drug-likeness (QED) is 0.782. The molecule has 0 bridgehead atoms. The molecule has 1 aromatic carbocycles. The molecule has 3 nitrogen and oxygen atoms in total. The molecule has 20 heavy (non-hydrogen) atoms. The molecule has 0 aliphatic carbocycles. The predicted molar refractivity (Wildman–Crippen MR) is 82.7 cm³/mol. The Morgan fingerprint density at radius 2 is 2.15 bits per heavy atom. The second-order valence-electron chi connectivity index (χ2n) is 5.31. The van der Waals surface area contributed by atoms with Gasteiger partial charge < -0.3 is 10.6 Å². The molecular formula is C17H24N2O. The van der Waals surface area contributed by atoms with Gasteiger partial charge in [0, 0.05) is 19.5 Å². The van der Waals surface area contributed by atoms with Gasteiger partial charge in [-0.1, -0.05) is 48.9 Å². The molecule has 1 unspecified atom stereocenters. The lowest BCUT2D eigenvalue weighted by Gasteiger charge is -2.17. The zero-order valence-electron chi connectivity index (χ0n) is 12.2. The molecule has 0 aromatic heterocycles. The lowest BCUT2D eigenvalue weighted by atomic mass is 9.93. The van der Waals surface area contributed by atoms with Gasteiger partial charge in [-0.3, -0.25) is 4.79 Å². The Balaban J connectivity index is 1.82. The van der Waals surface area contributed by atoms with Gasteiger partial charge in [0.1, 0.15) is 0 Å². The standard InChI is InChI=1S/C17H24N2O/c1-2-15(16-6-4-3-5-7-16)12-17(20)19-13-14-8-10-18-11-9-14/h3-8,15,18H,2,9-13H2,1H3,(H,19,20). The number of rotatable bonds is 6. The SMILES string of the molecule is CCC(CC(=O)NCC1=CCNCC1)c1ccccc1. The van der Waals surface area contributed by atoms with E-state index in [0.29, 0.717) is 18.9 Å². The third-order valence-electron chi connectivity index (χ3n) is 3.87. The van der Waals surface area contributed by atoms with Crippen LogP contribution in [0.4, 0.5) is 0 Å². The minimum absolute atomic E-state index is 0.153. The van der Waals surface area contributed by atoms with E-state index in [0.717, 1.165) is 25.9 Å². The van der Waals surface area contributed by atoms with Gasteiger partial charge in [0.2, 0.25) is 5.91 Å². The van der Waals surface area contributed by atoms with E-state index in [-0.39, 0.29) is 5.91 Å². The van der Waals surface area contributed by atoms with Crippen LogP contribution in [0.2, 0.25) is 0 Å². The molecule has 0 saturated carbocycles. The van der Waals surface area contributed by atoms with E-state index in [1.165, 1.54) is 11.1 Å². The van der Waals surface area contributed by atoms with Gasteiger partial charge in [-0.05, 0) is 30.9 Å². The van der Waals surface area contributed by atoms with Gasteiger partial charge in [0.15, 0.2) is 0 Å². The topological polar surface area (TPSA) is 41.1 Å². The first kappa shape index (κ1) is 14.8. The molecule has 108 valence electrons. The maximum absolute atomic E-state index is 12.1. The fourth-order valence-corrected chi connectivity index (χ4v) is 2.56. The molecule has 1 aliphatic heterocycles. The van der Waals surface area contributed by atoms with Crippen LogP contribution in [0.15, 0.2) is 42.0 Å². The van der Waals surface area contributed by atoms with Crippen LogP contribution in [0.25, 0.3) is 0 Å². The molecule has 1 amide bonds.